The molecule has 0 aliphatic heterocycles. The van der Waals surface area contributed by atoms with Gasteiger partial charge in [0, 0.05) is 17.6 Å². The van der Waals surface area contributed by atoms with Crippen LogP contribution in [0.1, 0.15) is 12.5 Å². The van der Waals surface area contributed by atoms with Crippen LogP contribution in [0, 0.1) is 0 Å². The number of aliphatic hydroxyl groups is 1. The van der Waals surface area contributed by atoms with Gasteiger partial charge in [0.2, 0.25) is 0 Å². The van der Waals surface area contributed by atoms with Crippen LogP contribution in [-0.2, 0) is 6.54 Å². The van der Waals surface area contributed by atoms with Crippen molar-refractivity contribution in [3.63, 3.8) is 0 Å². The first kappa shape index (κ1) is 11.7. The van der Waals surface area contributed by atoms with Crippen molar-refractivity contribution in [3.05, 3.63) is 34.3 Å². The van der Waals surface area contributed by atoms with Crippen molar-refractivity contribution in [3.8, 4) is 0 Å². The highest BCUT2D eigenvalue weighted by Crippen LogP contribution is 2.17. The molecule has 0 bridgehead atoms. The van der Waals surface area contributed by atoms with Gasteiger partial charge in [-0.15, -0.1) is 0 Å². The topological polar surface area (TPSA) is 23.5 Å². The number of rotatable bonds is 4. The number of hydrogen-bond acceptors (Lipinski definition) is 2. The Morgan fingerprint density at radius 1 is 1.43 bits per heavy atom. The Labute approximate surface area is 93.7 Å². The third kappa shape index (κ3) is 3.78. The molecular weight excluding hydrogens is 242 g/mol. The normalized spacial score (nSPS) is 13.2. The molecule has 78 valence electrons. The third-order valence-electron chi connectivity index (χ3n) is 1.97. The molecule has 0 radical (unpaired) electrons. The molecule has 1 atom stereocenters. The van der Waals surface area contributed by atoms with Gasteiger partial charge in [0.25, 0.3) is 0 Å². The highest BCUT2D eigenvalue weighted by atomic mass is 79.9. The average molecular weight is 258 g/mol. The predicted octanol–water partition coefficient (Wildman–Crippen LogP) is 2.26. The zero-order chi connectivity index (χ0) is 10.6. The first-order valence-electron chi connectivity index (χ1n) is 4.69. The van der Waals surface area contributed by atoms with Gasteiger partial charge in [-0.05, 0) is 25.6 Å². The number of halogens is 1. The zero-order valence-electron chi connectivity index (χ0n) is 8.57. The molecule has 0 aromatic heterocycles. The quantitative estimate of drug-likeness (QED) is 0.895. The highest BCUT2D eigenvalue weighted by Gasteiger charge is 2.05. The Balaban J connectivity index is 2.56. The molecule has 1 N–H and O–H groups in total. The van der Waals surface area contributed by atoms with Gasteiger partial charge in [0.05, 0.1) is 6.10 Å². The molecule has 14 heavy (non-hydrogen) atoms. The molecule has 0 saturated carbocycles. The van der Waals surface area contributed by atoms with Crippen molar-refractivity contribution in [2.75, 3.05) is 13.6 Å². The summed E-state index contributed by atoms with van der Waals surface area (Å²) >= 11 is 3.50. The molecule has 0 aliphatic rings. The van der Waals surface area contributed by atoms with Crippen molar-refractivity contribution in [2.24, 2.45) is 0 Å². The minimum absolute atomic E-state index is 0.275. The van der Waals surface area contributed by atoms with Crippen LogP contribution in [-0.4, -0.2) is 29.7 Å². The molecule has 0 amide bonds. The summed E-state index contributed by atoms with van der Waals surface area (Å²) < 4.78 is 1.12. The Hall–Kier alpha value is -0.380. The van der Waals surface area contributed by atoms with Gasteiger partial charge in [-0.3, -0.25) is 4.90 Å². The van der Waals surface area contributed by atoms with Crippen molar-refractivity contribution >= 4 is 15.9 Å². The van der Waals surface area contributed by atoms with Crippen LogP contribution in [0.15, 0.2) is 28.7 Å². The van der Waals surface area contributed by atoms with E-state index in [2.05, 4.69) is 26.9 Å². The minimum Gasteiger partial charge on any atom is -0.392 e. The summed E-state index contributed by atoms with van der Waals surface area (Å²) in [6, 6.07) is 8.15. The van der Waals surface area contributed by atoms with Crippen LogP contribution in [0.25, 0.3) is 0 Å². The number of benzene rings is 1. The van der Waals surface area contributed by atoms with Gasteiger partial charge >= 0.3 is 0 Å². The molecule has 0 heterocycles. The van der Waals surface area contributed by atoms with Gasteiger partial charge in [0.15, 0.2) is 0 Å². The molecule has 0 unspecified atom stereocenters. The van der Waals surface area contributed by atoms with Crippen LogP contribution in [0.5, 0.6) is 0 Å². The molecule has 0 aliphatic carbocycles. The maximum absolute atomic E-state index is 9.22. The van der Waals surface area contributed by atoms with E-state index in [0.717, 1.165) is 11.0 Å². The van der Waals surface area contributed by atoms with Gasteiger partial charge < -0.3 is 5.11 Å². The van der Waals surface area contributed by atoms with Gasteiger partial charge in [-0.1, -0.05) is 34.1 Å². The van der Waals surface area contributed by atoms with Gasteiger partial charge in [0.1, 0.15) is 0 Å². The summed E-state index contributed by atoms with van der Waals surface area (Å²) in [5.74, 6) is 0. The van der Waals surface area contributed by atoms with E-state index < -0.39 is 0 Å². The van der Waals surface area contributed by atoms with E-state index >= 15 is 0 Å². The molecule has 3 heteroatoms. The lowest BCUT2D eigenvalue weighted by Gasteiger charge is -2.18. The predicted molar refractivity (Wildman–Crippen MR) is 62.2 cm³/mol. The summed E-state index contributed by atoms with van der Waals surface area (Å²) in [5.41, 5.74) is 1.25. The second-order valence-electron chi connectivity index (χ2n) is 3.64. The maximum atomic E-state index is 9.22. The summed E-state index contributed by atoms with van der Waals surface area (Å²) in [6.45, 7) is 3.35. The summed E-state index contributed by atoms with van der Waals surface area (Å²) in [6.07, 6.45) is -0.275. The van der Waals surface area contributed by atoms with Crippen molar-refractivity contribution < 1.29 is 5.11 Å². The summed E-state index contributed by atoms with van der Waals surface area (Å²) in [4.78, 5) is 2.10. The first-order chi connectivity index (χ1) is 6.59. The second kappa shape index (κ2) is 5.49. The minimum atomic E-state index is -0.275. The molecule has 2 nitrogen and oxygen atoms in total. The van der Waals surface area contributed by atoms with Crippen LogP contribution >= 0.6 is 15.9 Å². The number of aliphatic hydroxyl groups excluding tert-OH is 1. The highest BCUT2D eigenvalue weighted by molar-refractivity contribution is 9.10. The van der Waals surface area contributed by atoms with Crippen LogP contribution in [0.3, 0.4) is 0 Å². The average Bonchev–Trinajstić information content (AvgIpc) is 2.07. The Bertz CT molecular complexity index is 288. The van der Waals surface area contributed by atoms with E-state index in [4.69, 9.17) is 0 Å². The zero-order valence-corrected chi connectivity index (χ0v) is 10.2. The maximum Gasteiger partial charge on any atom is 0.0639 e. The molecule has 1 aromatic carbocycles. The van der Waals surface area contributed by atoms with E-state index in [9.17, 15) is 5.11 Å². The van der Waals surface area contributed by atoms with E-state index in [0.29, 0.717) is 6.54 Å². The Kier molecular flexibility index (Phi) is 4.58. The van der Waals surface area contributed by atoms with Gasteiger partial charge in [-0.25, -0.2) is 0 Å². The van der Waals surface area contributed by atoms with E-state index in [-0.39, 0.29) is 6.10 Å². The standard InChI is InChI=1S/C11H16BrNO/c1-9(14)7-13(2)8-10-5-3-4-6-11(10)12/h3-6,9,14H,7-8H2,1-2H3/t9-/m1/s1. The van der Waals surface area contributed by atoms with E-state index in [1.807, 2.05) is 25.2 Å². The molecule has 1 aromatic rings. The number of nitrogens with zero attached hydrogens (tertiary/aromatic N) is 1. The van der Waals surface area contributed by atoms with Crippen molar-refractivity contribution in [1.82, 2.24) is 4.90 Å². The van der Waals surface area contributed by atoms with Gasteiger partial charge in [-0.2, -0.15) is 0 Å². The third-order valence-corrected chi connectivity index (χ3v) is 2.75. The van der Waals surface area contributed by atoms with Crippen LogP contribution in [0.2, 0.25) is 0 Å². The molecule has 0 spiro atoms. The first-order valence-corrected chi connectivity index (χ1v) is 5.49. The Morgan fingerprint density at radius 3 is 2.64 bits per heavy atom. The summed E-state index contributed by atoms with van der Waals surface area (Å²) in [5, 5.41) is 9.22. The van der Waals surface area contributed by atoms with E-state index in [1.165, 1.54) is 5.56 Å². The largest absolute Gasteiger partial charge is 0.392 e. The molecule has 0 fully saturated rings. The van der Waals surface area contributed by atoms with Crippen molar-refractivity contribution in [2.45, 2.75) is 19.6 Å². The van der Waals surface area contributed by atoms with Crippen molar-refractivity contribution in [1.29, 1.82) is 0 Å². The SMILES string of the molecule is C[C@@H](O)CN(C)Cc1ccccc1Br. The Morgan fingerprint density at radius 2 is 2.07 bits per heavy atom. The smallest absolute Gasteiger partial charge is 0.0639 e. The fourth-order valence-corrected chi connectivity index (χ4v) is 1.84. The fourth-order valence-electron chi connectivity index (χ4n) is 1.43. The van der Waals surface area contributed by atoms with Crippen LogP contribution < -0.4 is 0 Å². The van der Waals surface area contributed by atoms with Crippen LogP contribution in [0.4, 0.5) is 0 Å². The monoisotopic (exact) mass is 257 g/mol. The fraction of sp³-hybridized carbons (Fsp3) is 0.455. The number of likely N-dealkylation sites (N-methyl/N-ethyl adjacent to an activating group) is 1. The second-order valence-corrected chi connectivity index (χ2v) is 4.49. The molecular formula is C11H16BrNO. The molecule has 0 saturated heterocycles. The van der Waals surface area contributed by atoms with E-state index in [1.54, 1.807) is 6.92 Å². The molecule has 1 rings (SSSR count). The number of hydrogen-bond donors (Lipinski definition) is 1. The lowest BCUT2D eigenvalue weighted by atomic mass is 10.2. The lowest BCUT2D eigenvalue weighted by Crippen LogP contribution is -2.26. The summed E-state index contributed by atoms with van der Waals surface area (Å²) in [7, 11) is 2.01. The lowest BCUT2D eigenvalue weighted by molar-refractivity contribution is 0.138.